The molecule has 4 heterocycles. The highest BCUT2D eigenvalue weighted by atomic mass is 35.5. The van der Waals surface area contributed by atoms with E-state index in [1.54, 1.807) is 14.0 Å². The smallest absolute Gasteiger partial charge is 0.332 e. The standard InChI is InChI=1S/C24H27N7O2.ClH/c1-3-4-12-30-20-21(27-23(30)29-11-7-9-17(25)14-29)28(2)24(33)31(22(20)32)15-18-13-16-8-5-6-10-19(16)26-18;/h5-6,8,10,13,17,26H,7,9,11-12,14-15,25H2,1-2H3;1H. The predicted molar refractivity (Wildman–Crippen MR) is 137 cm³/mol. The minimum atomic E-state index is -0.403. The van der Waals surface area contributed by atoms with Gasteiger partial charge in [0.15, 0.2) is 11.2 Å². The van der Waals surface area contributed by atoms with Crippen LogP contribution >= 0.6 is 12.4 Å². The average Bonchev–Trinajstić information content (AvgIpc) is 3.40. The van der Waals surface area contributed by atoms with E-state index in [4.69, 9.17) is 10.7 Å². The van der Waals surface area contributed by atoms with E-state index in [9.17, 15) is 9.59 Å². The summed E-state index contributed by atoms with van der Waals surface area (Å²) in [6.45, 7) is 3.67. The van der Waals surface area contributed by atoms with E-state index in [1.165, 1.54) is 9.13 Å². The van der Waals surface area contributed by atoms with Gasteiger partial charge in [-0.15, -0.1) is 18.3 Å². The molecule has 1 saturated heterocycles. The van der Waals surface area contributed by atoms with Gasteiger partial charge in [0.25, 0.3) is 5.56 Å². The zero-order valence-electron chi connectivity index (χ0n) is 19.2. The van der Waals surface area contributed by atoms with Crippen LogP contribution in [0.2, 0.25) is 0 Å². The molecular formula is C24H28ClN7O2. The number of halogens is 1. The maximum absolute atomic E-state index is 13.6. The van der Waals surface area contributed by atoms with E-state index >= 15 is 0 Å². The van der Waals surface area contributed by atoms with Gasteiger partial charge >= 0.3 is 5.69 Å². The number of nitrogens with one attached hydrogen (secondary N) is 1. The molecule has 4 aromatic rings. The summed E-state index contributed by atoms with van der Waals surface area (Å²) in [5, 5.41) is 1.03. The lowest BCUT2D eigenvalue weighted by molar-refractivity contribution is 0.496. The summed E-state index contributed by atoms with van der Waals surface area (Å²) in [6, 6.07) is 9.88. The monoisotopic (exact) mass is 481 g/mol. The number of hydrogen-bond donors (Lipinski definition) is 2. The number of benzene rings is 1. The Morgan fingerprint density at radius 2 is 2.03 bits per heavy atom. The fourth-order valence-electron chi connectivity index (χ4n) is 4.63. The third-order valence-electron chi connectivity index (χ3n) is 6.28. The van der Waals surface area contributed by atoms with Crippen molar-refractivity contribution in [3.63, 3.8) is 0 Å². The first-order valence-electron chi connectivity index (χ1n) is 11.1. The molecule has 3 N–H and O–H groups in total. The number of anilines is 1. The molecule has 5 rings (SSSR count). The summed E-state index contributed by atoms with van der Waals surface area (Å²) in [6.07, 6.45) is 1.91. The zero-order valence-corrected chi connectivity index (χ0v) is 20.1. The van der Waals surface area contributed by atoms with Crippen molar-refractivity contribution in [3.8, 4) is 11.8 Å². The second-order valence-electron chi connectivity index (χ2n) is 8.56. The second kappa shape index (κ2) is 9.41. The van der Waals surface area contributed by atoms with Gasteiger partial charge in [0.2, 0.25) is 5.95 Å². The van der Waals surface area contributed by atoms with Gasteiger partial charge < -0.3 is 15.6 Å². The highest BCUT2D eigenvalue weighted by Crippen LogP contribution is 2.23. The molecule has 9 nitrogen and oxygen atoms in total. The van der Waals surface area contributed by atoms with Gasteiger partial charge in [-0.1, -0.05) is 24.1 Å². The number of H-pyrrole nitrogens is 1. The van der Waals surface area contributed by atoms with E-state index in [0.29, 0.717) is 30.2 Å². The highest BCUT2D eigenvalue weighted by molar-refractivity contribution is 5.85. The van der Waals surface area contributed by atoms with Crippen LogP contribution in [0.15, 0.2) is 39.9 Å². The number of nitrogens with two attached hydrogens (primary N) is 1. The van der Waals surface area contributed by atoms with Crippen LogP contribution in [0.4, 0.5) is 5.95 Å². The molecule has 34 heavy (non-hydrogen) atoms. The lowest BCUT2D eigenvalue weighted by atomic mass is 10.1. The van der Waals surface area contributed by atoms with Gasteiger partial charge in [0.1, 0.15) is 0 Å². The molecule has 1 atom stereocenters. The number of imidazole rings is 1. The number of rotatable bonds is 4. The van der Waals surface area contributed by atoms with Gasteiger partial charge in [-0.2, -0.15) is 4.98 Å². The fraction of sp³-hybridized carbons (Fsp3) is 0.375. The van der Waals surface area contributed by atoms with Crippen molar-refractivity contribution in [2.45, 2.75) is 38.9 Å². The van der Waals surface area contributed by atoms with Crippen LogP contribution in [0, 0.1) is 11.8 Å². The van der Waals surface area contributed by atoms with Crippen LogP contribution < -0.4 is 21.9 Å². The van der Waals surface area contributed by atoms with Gasteiger partial charge in [0, 0.05) is 37.4 Å². The normalized spacial score (nSPS) is 15.9. The van der Waals surface area contributed by atoms with E-state index in [2.05, 4.69) is 21.7 Å². The third kappa shape index (κ3) is 4.00. The molecule has 1 fully saturated rings. The number of aromatic nitrogens is 5. The van der Waals surface area contributed by atoms with Crippen LogP contribution in [0.5, 0.6) is 0 Å². The van der Waals surface area contributed by atoms with Gasteiger partial charge in [-0.25, -0.2) is 4.79 Å². The minimum absolute atomic E-state index is 0. The van der Waals surface area contributed by atoms with Crippen molar-refractivity contribution in [1.82, 2.24) is 23.7 Å². The van der Waals surface area contributed by atoms with Gasteiger partial charge in [-0.3, -0.25) is 18.5 Å². The molecule has 0 bridgehead atoms. The Bertz CT molecular complexity index is 1500. The molecule has 3 aromatic heterocycles. The number of piperidine rings is 1. The molecule has 0 spiro atoms. The first-order valence-corrected chi connectivity index (χ1v) is 11.1. The summed E-state index contributed by atoms with van der Waals surface area (Å²) in [5.41, 5.74) is 7.92. The SMILES string of the molecule is CC#CCn1c(N2CCCC(N)C2)nc2c1c(=O)n(Cc1cc3ccccc3[nH]1)c(=O)n2C.Cl. The number of aryl methyl sites for hydroxylation is 1. The molecular weight excluding hydrogens is 454 g/mol. The van der Waals surface area contributed by atoms with E-state index in [-0.39, 0.29) is 30.6 Å². The van der Waals surface area contributed by atoms with Crippen molar-refractivity contribution in [1.29, 1.82) is 0 Å². The molecule has 0 amide bonds. The molecule has 0 saturated carbocycles. The number of aromatic amines is 1. The number of nitrogens with zero attached hydrogens (tertiary/aromatic N) is 5. The maximum atomic E-state index is 13.6. The second-order valence-corrected chi connectivity index (χ2v) is 8.56. The molecule has 1 unspecified atom stereocenters. The molecule has 0 aliphatic carbocycles. The Kier molecular flexibility index (Phi) is 6.55. The van der Waals surface area contributed by atoms with E-state index < -0.39 is 5.69 Å². The Hall–Kier alpha value is -3.48. The summed E-state index contributed by atoms with van der Waals surface area (Å²) in [4.78, 5) is 37.0. The van der Waals surface area contributed by atoms with Crippen LogP contribution in [0.3, 0.4) is 0 Å². The molecule has 0 radical (unpaired) electrons. The van der Waals surface area contributed by atoms with Crippen molar-refractivity contribution in [3.05, 3.63) is 56.9 Å². The number of para-hydroxylation sites is 1. The van der Waals surface area contributed by atoms with Crippen molar-refractivity contribution < 1.29 is 0 Å². The van der Waals surface area contributed by atoms with Crippen LogP contribution in [-0.4, -0.2) is 42.8 Å². The largest absolute Gasteiger partial charge is 0.357 e. The number of fused-ring (bicyclic) bond motifs is 2. The first-order chi connectivity index (χ1) is 16.0. The molecule has 1 aliphatic heterocycles. The van der Waals surface area contributed by atoms with Crippen LogP contribution in [-0.2, 0) is 20.1 Å². The first kappa shape index (κ1) is 23.7. The van der Waals surface area contributed by atoms with Crippen molar-refractivity contribution in [2.24, 2.45) is 12.8 Å². The van der Waals surface area contributed by atoms with E-state index in [0.717, 1.165) is 36.0 Å². The Labute approximate surface area is 202 Å². The number of hydrogen-bond acceptors (Lipinski definition) is 5. The Morgan fingerprint density at radius 3 is 2.76 bits per heavy atom. The highest BCUT2D eigenvalue weighted by Gasteiger charge is 2.26. The summed E-state index contributed by atoms with van der Waals surface area (Å²) >= 11 is 0. The Morgan fingerprint density at radius 1 is 1.24 bits per heavy atom. The summed E-state index contributed by atoms with van der Waals surface area (Å²) in [5.74, 6) is 6.59. The molecule has 1 aromatic carbocycles. The topological polar surface area (TPSA) is 107 Å². The van der Waals surface area contributed by atoms with Crippen molar-refractivity contribution >= 4 is 40.4 Å². The van der Waals surface area contributed by atoms with Crippen molar-refractivity contribution in [2.75, 3.05) is 18.0 Å². The lowest BCUT2D eigenvalue weighted by Crippen LogP contribution is -2.44. The lowest BCUT2D eigenvalue weighted by Gasteiger charge is -2.31. The quantitative estimate of drug-likeness (QED) is 0.432. The summed E-state index contributed by atoms with van der Waals surface area (Å²) in [7, 11) is 1.65. The van der Waals surface area contributed by atoms with Crippen LogP contribution in [0.25, 0.3) is 22.1 Å². The molecule has 1 aliphatic rings. The summed E-state index contributed by atoms with van der Waals surface area (Å²) < 4.78 is 4.53. The average molecular weight is 482 g/mol. The van der Waals surface area contributed by atoms with Gasteiger partial charge in [0.05, 0.1) is 13.1 Å². The van der Waals surface area contributed by atoms with Crippen LogP contribution in [0.1, 0.15) is 25.5 Å². The fourth-order valence-corrected chi connectivity index (χ4v) is 4.63. The predicted octanol–water partition coefficient (Wildman–Crippen LogP) is 1.80. The Balaban J connectivity index is 0.00000274. The third-order valence-corrected chi connectivity index (χ3v) is 6.28. The van der Waals surface area contributed by atoms with E-state index in [1.807, 2.05) is 34.9 Å². The zero-order chi connectivity index (χ0) is 23.1. The molecule has 178 valence electrons. The van der Waals surface area contributed by atoms with Gasteiger partial charge in [-0.05, 0) is 37.3 Å². The minimum Gasteiger partial charge on any atom is -0.357 e. The molecule has 10 heteroatoms. The maximum Gasteiger partial charge on any atom is 0.332 e.